The second-order valence-electron chi connectivity index (χ2n) is 12.2. The number of hydrogen-bond acceptors (Lipinski definition) is 6. The van der Waals surface area contributed by atoms with Crippen molar-refractivity contribution in [2.24, 2.45) is 5.92 Å². The Bertz CT molecular complexity index is 1200. The number of aryl methyl sites for hydroxylation is 3. The largest absolute Gasteiger partial charge is 0.508 e. The average molecular weight is 586 g/mol. The lowest BCUT2D eigenvalue weighted by Gasteiger charge is -2.39. The first-order valence-electron chi connectivity index (χ1n) is 14.1. The first-order valence-corrected chi connectivity index (χ1v) is 14.8. The van der Waals surface area contributed by atoms with Gasteiger partial charge in [-0.05, 0) is 102 Å². The maximum absolute atomic E-state index is 14.3. The number of carbonyl (C=O) groups is 3. The minimum absolute atomic E-state index is 0.00528. The van der Waals surface area contributed by atoms with Gasteiger partial charge < -0.3 is 25.4 Å². The Morgan fingerprint density at radius 1 is 0.976 bits per heavy atom. The minimum atomic E-state index is -1.05. The van der Waals surface area contributed by atoms with Crippen LogP contribution in [0.3, 0.4) is 0 Å². The fourth-order valence-electron chi connectivity index (χ4n) is 4.62. The van der Waals surface area contributed by atoms with Crippen LogP contribution in [0.15, 0.2) is 36.4 Å². The first kappa shape index (κ1) is 34.0. The maximum Gasteiger partial charge on any atom is 0.408 e. The van der Waals surface area contributed by atoms with Crippen LogP contribution in [0.4, 0.5) is 10.5 Å². The number of nitrogens with zero attached hydrogens (tertiary/aromatic N) is 1. The topological polar surface area (TPSA) is 108 Å². The Hall–Kier alpha value is -3.20. The summed E-state index contributed by atoms with van der Waals surface area (Å²) in [6, 6.07) is 8.20. The van der Waals surface area contributed by atoms with Crippen LogP contribution in [-0.4, -0.2) is 51.4 Å². The monoisotopic (exact) mass is 585 g/mol. The second kappa shape index (κ2) is 14.6. The zero-order chi connectivity index (χ0) is 31.1. The van der Waals surface area contributed by atoms with Gasteiger partial charge in [0.15, 0.2) is 0 Å². The van der Waals surface area contributed by atoms with Crippen LogP contribution < -0.4 is 10.6 Å². The van der Waals surface area contributed by atoms with E-state index in [9.17, 15) is 19.5 Å². The predicted octanol–water partition coefficient (Wildman–Crippen LogP) is 6.47. The molecule has 0 fully saturated rings. The smallest absolute Gasteiger partial charge is 0.408 e. The number of para-hydroxylation sites is 1. The lowest BCUT2D eigenvalue weighted by atomic mass is 9.96. The van der Waals surface area contributed by atoms with Crippen molar-refractivity contribution in [1.29, 1.82) is 0 Å². The maximum atomic E-state index is 14.3. The quantitative estimate of drug-likeness (QED) is 0.226. The highest BCUT2D eigenvalue weighted by atomic mass is 32.1. The molecule has 9 heteroatoms. The standard InChI is InChI=1S/C32H47N3O5S/c1-19(2)13-14-23(6)35(30(38)25(18-41)33-31(39)40-32(7,8)9)28(24-15-16-26(36)22(5)17-24)29(37)34-27-20(3)11-10-12-21(27)4/h10-12,15-17,19,23,25,28,36,41H,13-14,18H2,1-9H3,(H,33,39)(H,34,37). The molecule has 41 heavy (non-hydrogen) atoms. The molecule has 3 unspecified atom stereocenters. The van der Waals surface area contributed by atoms with Gasteiger partial charge in [0.2, 0.25) is 5.91 Å². The van der Waals surface area contributed by atoms with E-state index in [1.54, 1.807) is 44.7 Å². The number of ether oxygens (including phenoxy) is 1. The van der Waals surface area contributed by atoms with E-state index in [1.165, 1.54) is 6.07 Å². The zero-order valence-electron chi connectivity index (χ0n) is 25.9. The Kier molecular flexibility index (Phi) is 12.1. The molecule has 0 aliphatic heterocycles. The number of anilines is 1. The molecular formula is C32H47N3O5S. The van der Waals surface area contributed by atoms with Crippen molar-refractivity contribution >= 4 is 36.2 Å². The highest BCUT2D eigenvalue weighted by Crippen LogP contribution is 2.32. The third kappa shape index (κ3) is 9.69. The van der Waals surface area contributed by atoms with E-state index in [-0.39, 0.29) is 17.5 Å². The minimum Gasteiger partial charge on any atom is -0.508 e. The molecule has 0 spiro atoms. The van der Waals surface area contributed by atoms with Gasteiger partial charge >= 0.3 is 6.09 Å². The van der Waals surface area contributed by atoms with Crippen LogP contribution in [0.25, 0.3) is 0 Å². The number of rotatable bonds is 11. The molecule has 2 aromatic carbocycles. The normalized spacial score (nSPS) is 13.7. The van der Waals surface area contributed by atoms with Crippen LogP contribution in [0.1, 0.15) is 82.7 Å². The molecule has 0 saturated carbocycles. The highest BCUT2D eigenvalue weighted by Gasteiger charge is 2.39. The highest BCUT2D eigenvalue weighted by molar-refractivity contribution is 7.80. The number of benzene rings is 2. The molecule has 0 aliphatic carbocycles. The van der Waals surface area contributed by atoms with Crippen LogP contribution in [-0.2, 0) is 14.3 Å². The van der Waals surface area contributed by atoms with E-state index >= 15 is 0 Å². The van der Waals surface area contributed by atoms with E-state index < -0.39 is 35.6 Å². The molecular weight excluding hydrogens is 538 g/mol. The zero-order valence-corrected chi connectivity index (χ0v) is 26.8. The van der Waals surface area contributed by atoms with Gasteiger partial charge in [0.1, 0.15) is 23.4 Å². The van der Waals surface area contributed by atoms with Gasteiger partial charge in [-0.2, -0.15) is 12.6 Å². The van der Waals surface area contributed by atoms with E-state index in [4.69, 9.17) is 4.74 Å². The first-order chi connectivity index (χ1) is 19.0. The molecule has 0 aromatic heterocycles. The van der Waals surface area contributed by atoms with Crippen LogP contribution in [0.2, 0.25) is 0 Å². The number of alkyl carbamates (subject to hydrolysis) is 1. The molecule has 0 bridgehead atoms. The van der Waals surface area contributed by atoms with Gasteiger partial charge in [0.25, 0.3) is 5.91 Å². The van der Waals surface area contributed by atoms with Gasteiger partial charge in [-0.15, -0.1) is 0 Å². The van der Waals surface area contributed by atoms with Crippen molar-refractivity contribution in [3.63, 3.8) is 0 Å². The van der Waals surface area contributed by atoms with Crippen molar-refractivity contribution in [2.45, 2.75) is 98.9 Å². The van der Waals surface area contributed by atoms with Gasteiger partial charge in [-0.1, -0.05) is 38.1 Å². The van der Waals surface area contributed by atoms with E-state index in [2.05, 4.69) is 37.1 Å². The number of aromatic hydroxyl groups is 1. The van der Waals surface area contributed by atoms with Crippen LogP contribution in [0, 0.1) is 26.7 Å². The summed E-state index contributed by atoms with van der Waals surface area (Å²) in [5.41, 5.74) is 2.83. The van der Waals surface area contributed by atoms with E-state index in [0.717, 1.165) is 17.5 Å². The molecule has 0 aliphatic rings. The molecule has 3 N–H and O–H groups in total. The number of amides is 3. The van der Waals surface area contributed by atoms with Gasteiger partial charge in [0.05, 0.1) is 0 Å². The number of carbonyl (C=O) groups excluding carboxylic acids is 3. The molecule has 2 aromatic rings. The van der Waals surface area contributed by atoms with Gasteiger partial charge in [0, 0.05) is 17.5 Å². The molecule has 0 heterocycles. The van der Waals surface area contributed by atoms with E-state index in [1.807, 2.05) is 39.0 Å². The molecule has 8 nitrogen and oxygen atoms in total. The third-order valence-electron chi connectivity index (χ3n) is 6.86. The molecule has 0 radical (unpaired) electrons. The van der Waals surface area contributed by atoms with Crippen LogP contribution in [0.5, 0.6) is 5.75 Å². The van der Waals surface area contributed by atoms with E-state index in [0.29, 0.717) is 29.2 Å². The molecule has 3 amide bonds. The summed E-state index contributed by atoms with van der Waals surface area (Å²) < 4.78 is 5.40. The lowest BCUT2D eigenvalue weighted by Crippen LogP contribution is -2.55. The summed E-state index contributed by atoms with van der Waals surface area (Å²) in [6.45, 7) is 16.9. The number of phenols is 1. The summed E-state index contributed by atoms with van der Waals surface area (Å²) in [5.74, 6) is -0.367. The van der Waals surface area contributed by atoms with Crippen molar-refractivity contribution < 1.29 is 24.2 Å². The van der Waals surface area contributed by atoms with Crippen molar-refractivity contribution in [3.05, 3.63) is 58.7 Å². The van der Waals surface area contributed by atoms with Crippen molar-refractivity contribution in [1.82, 2.24) is 10.2 Å². The van der Waals surface area contributed by atoms with Gasteiger partial charge in [-0.25, -0.2) is 4.79 Å². The van der Waals surface area contributed by atoms with Gasteiger partial charge in [-0.3, -0.25) is 9.59 Å². The summed E-state index contributed by atoms with van der Waals surface area (Å²) in [7, 11) is 0. The number of phenolic OH excluding ortho intramolecular Hbond substituents is 1. The average Bonchev–Trinajstić information content (AvgIpc) is 2.86. The Balaban J connectivity index is 2.65. The SMILES string of the molecule is Cc1cc(C(C(=O)Nc2c(C)cccc2C)N(C(=O)C(CS)NC(=O)OC(C)(C)C)C(C)CCC(C)C)ccc1O. The lowest BCUT2D eigenvalue weighted by molar-refractivity contribution is -0.143. The fraction of sp³-hybridized carbons (Fsp3) is 0.531. The third-order valence-corrected chi connectivity index (χ3v) is 7.22. The Morgan fingerprint density at radius 2 is 1.59 bits per heavy atom. The van der Waals surface area contributed by atoms with Crippen LogP contribution >= 0.6 is 12.6 Å². The predicted molar refractivity (Wildman–Crippen MR) is 168 cm³/mol. The molecule has 2 rings (SSSR count). The second-order valence-corrected chi connectivity index (χ2v) is 12.5. The number of thiol groups is 1. The Labute approximate surface area is 250 Å². The molecule has 0 saturated heterocycles. The Morgan fingerprint density at radius 3 is 2.10 bits per heavy atom. The molecule has 226 valence electrons. The van der Waals surface area contributed by atoms with Crippen molar-refractivity contribution in [3.8, 4) is 5.75 Å². The van der Waals surface area contributed by atoms with Crippen molar-refractivity contribution in [2.75, 3.05) is 11.1 Å². The summed E-state index contributed by atoms with van der Waals surface area (Å²) in [5, 5.41) is 16.0. The summed E-state index contributed by atoms with van der Waals surface area (Å²) in [4.78, 5) is 42.7. The summed E-state index contributed by atoms with van der Waals surface area (Å²) in [6.07, 6.45) is 0.728. The number of hydrogen-bond donors (Lipinski definition) is 4. The number of nitrogens with one attached hydrogen (secondary N) is 2. The summed E-state index contributed by atoms with van der Waals surface area (Å²) >= 11 is 4.38. The molecule has 3 atom stereocenters. The fourth-order valence-corrected chi connectivity index (χ4v) is 4.87.